The van der Waals surface area contributed by atoms with Gasteiger partial charge in [0.15, 0.2) is 0 Å². The summed E-state index contributed by atoms with van der Waals surface area (Å²) in [5.74, 6) is -0.254. The van der Waals surface area contributed by atoms with E-state index in [0.717, 1.165) is 0 Å². The van der Waals surface area contributed by atoms with Crippen molar-refractivity contribution in [1.82, 2.24) is 20.0 Å². The molecule has 124 valence electrons. The third-order valence-electron chi connectivity index (χ3n) is 4.17. The van der Waals surface area contributed by atoms with Gasteiger partial charge in [-0.3, -0.25) is 19.4 Å². The first-order valence-electron chi connectivity index (χ1n) is 7.76. The minimum absolute atomic E-state index is 0.0543. The van der Waals surface area contributed by atoms with Crippen LogP contribution in [0.5, 0.6) is 0 Å². The molecule has 0 aliphatic carbocycles. The third kappa shape index (κ3) is 3.76. The van der Waals surface area contributed by atoms with Crippen LogP contribution in [0.2, 0.25) is 0 Å². The Morgan fingerprint density at radius 2 is 1.77 bits per heavy atom. The molecule has 7 nitrogen and oxygen atoms in total. The van der Waals surface area contributed by atoms with Crippen molar-refractivity contribution in [1.29, 1.82) is 0 Å². The van der Waals surface area contributed by atoms with Crippen molar-refractivity contribution in [3.05, 3.63) is 0 Å². The van der Waals surface area contributed by atoms with E-state index < -0.39 is 0 Å². The van der Waals surface area contributed by atoms with Crippen LogP contribution in [0.25, 0.3) is 0 Å². The number of imide groups is 1. The van der Waals surface area contributed by atoms with Gasteiger partial charge in [-0.15, -0.1) is 0 Å². The average Bonchev–Trinajstić information content (AvgIpc) is 2.72. The van der Waals surface area contributed by atoms with Gasteiger partial charge in [-0.1, -0.05) is 20.8 Å². The molecule has 1 unspecified atom stereocenters. The number of urea groups is 1. The summed E-state index contributed by atoms with van der Waals surface area (Å²) in [6.45, 7) is 9.27. The molecule has 7 heteroatoms. The van der Waals surface area contributed by atoms with Crippen molar-refractivity contribution in [2.75, 3.05) is 39.8 Å². The van der Waals surface area contributed by atoms with Crippen LogP contribution in [0.15, 0.2) is 0 Å². The zero-order valence-electron chi connectivity index (χ0n) is 13.9. The van der Waals surface area contributed by atoms with Gasteiger partial charge in [-0.25, -0.2) is 4.79 Å². The predicted molar refractivity (Wildman–Crippen MR) is 82.2 cm³/mol. The molecule has 4 amide bonds. The highest BCUT2D eigenvalue weighted by molar-refractivity contribution is 6.05. The molecule has 0 aromatic rings. The van der Waals surface area contributed by atoms with E-state index in [1.807, 2.05) is 4.90 Å². The number of rotatable bonds is 2. The minimum atomic E-state index is -0.350. The maximum atomic E-state index is 12.1. The zero-order chi connectivity index (χ0) is 16.5. The highest BCUT2D eigenvalue weighted by atomic mass is 16.2. The van der Waals surface area contributed by atoms with Crippen molar-refractivity contribution >= 4 is 17.8 Å². The molecule has 22 heavy (non-hydrogen) atoms. The predicted octanol–water partition coefficient (Wildman–Crippen LogP) is 0.117. The zero-order valence-corrected chi connectivity index (χ0v) is 13.9. The van der Waals surface area contributed by atoms with Gasteiger partial charge in [0.1, 0.15) is 0 Å². The van der Waals surface area contributed by atoms with Gasteiger partial charge in [-0.05, 0) is 5.41 Å². The van der Waals surface area contributed by atoms with Crippen LogP contribution in [0.4, 0.5) is 4.79 Å². The molecule has 2 aliphatic rings. The van der Waals surface area contributed by atoms with Crippen LogP contribution in [0.1, 0.15) is 27.2 Å². The number of amides is 4. The lowest BCUT2D eigenvalue weighted by atomic mass is 9.97. The van der Waals surface area contributed by atoms with Gasteiger partial charge < -0.3 is 10.2 Å². The summed E-state index contributed by atoms with van der Waals surface area (Å²) in [5, 5.41) is 2.94. The molecular formula is C15H26N4O3. The van der Waals surface area contributed by atoms with Crippen molar-refractivity contribution in [2.24, 2.45) is 5.41 Å². The Kier molecular flexibility index (Phi) is 4.75. The minimum Gasteiger partial charge on any atom is -0.337 e. The van der Waals surface area contributed by atoms with E-state index in [4.69, 9.17) is 0 Å². The lowest BCUT2D eigenvalue weighted by molar-refractivity contribution is -0.138. The van der Waals surface area contributed by atoms with E-state index in [1.54, 1.807) is 4.90 Å². The number of piperazine rings is 1. The molecule has 2 fully saturated rings. The largest absolute Gasteiger partial charge is 0.337 e. The number of carbonyl (C=O) groups is 3. The molecule has 1 atom stereocenters. The third-order valence-corrected chi connectivity index (χ3v) is 4.17. The molecule has 2 heterocycles. The van der Waals surface area contributed by atoms with E-state index >= 15 is 0 Å². The van der Waals surface area contributed by atoms with Gasteiger partial charge in [0, 0.05) is 39.8 Å². The molecule has 0 spiro atoms. The number of likely N-dealkylation sites (tertiary alicyclic amines) is 1. The highest BCUT2D eigenvalue weighted by Crippen LogP contribution is 2.19. The summed E-state index contributed by atoms with van der Waals surface area (Å²) in [4.78, 5) is 40.7. The second-order valence-electron chi connectivity index (χ2n) is 7.25. The molecule has 2 aliphatic heterocycles. The highest BCUT2D eigenvalue weighted by Gasteiger charge is 2.40. The van der Waals surface area contributed by atoms with E-state index in [-0.39, 0.29) is 35.7 Å². The second kappa shape index (κ2) is 6.24. The van der Waals surface area contributed by atoms with Gasteiger partial charge in [0.2, 0.25) is 11.8 Å². The Labute approximate surface area is 131 Å². The summed E-state index contributed by atoms with van der Waals surface area (Å²) in [6, 6.07) is -0.405. The normalized spacial score (nSPS) is 24.1. The monoisotopic (exact) mass is 310 g/mol. The first-order valence-corrected chi connectivity index (χ1v) is 7.76. The average molecular weight is 310 g/mol. The number of likely N-dealkylation sites (N-methyl/N-ethyl adjacent to an activating group) is 1. The summed E-state index contributed by atoms with van der Waals surface area (Å²) < 4.78 is 0. The van der Waals surface area contributed by atoms with Crippen LogP contribution in [-0.2, 0) is 9.59 Å². The summed E-state index contributed by atoms with van der Waals surface area (Å²) in [7, 11) is 1.53. The first-order chi connectivity index (χ1) is 10.2. The van der Waals surface area contributed by atoms with Gasteiger partial charge in [0.25, 0.3) is 0 Å². The van der Waals surface area contributed by atoms with E-state index in [1.165, 1.54) is 11.9 Å². The van der Waals surface area contributed by atoms with Crippen LogP contribution in [-0.4, -0.2) is 78.4 Å². The van der Waals surface area contributed by atoms with Crippen molar-refractivity contribution in [3.8, 4) is 0 Å². The lowest BCUT2D eigenvalue weighted by Gasteiger charge is -2.37. The summed E-state index contributed by atoms with van der Waals surface area (Å²) in [6.07, 6.45) is 0.256. The topological polar surface area (TPSA) is 73.0 Å². The Hall–Kier alpha value is -1.63. The Bertz CT molecular complexity index is 464. The molecule has 2 saturated heterocycles. The maximum Gasteiger partial charge on any atom is 0.317 e. The van der Waals surface area contributed by atoms with Crippen molar-refractivity contribution in [2.45, 2.75) is 33.2 Å². The van der Waals surface area contributed by atoms with Crippen LogP contribution in [0, 0.1) is 5.41 Å². The molecule has 0 aromatic carbocycles. The standard InChI is InChI=1S/C15H26N4O3/c1-15(2,3)10-16-14(22)19-7-5-18(6-8-19)11-9-12(20)17(4)13(11)21/h11H,5-10H2,1-4H3,(H,16,22). The number of hydrogen-bond donors (Lipinski definition) is 1. The molecule has 0 radical (unpaired) electrons. The molecule has 0 saturated carbocycles. The smallest absolute Gasteiger partial charge is 0.317 e. The number of nitrogens with one attached hydrogen (secondary N) is 1. The fourth-order valence-corrected chi connectivity index (χ4v) is 2.71. The van der Waals surface area contributed by atoms with Crippen LogP contribution < -0.4 is 5.32 Å². The summed E-state index contributed by atoms with van der Waals surface area (Å²) in [5.41, 5.74) is 0.0543. The summed E-state index contributed by atoms with van der Waals surface area (Å²) >= 11 is 0. The first kappa shape index (κ1) is 16.7. The van der Waals surface area contributed by atoms with E-state index in [9.17, 15) is 14.4 Å². The molecule has 1 N–H and O–H groups in total. The lowest BCUT2D eigenvalue weighted by Crippen LogP contribution is -2.56. The number of nitrogens with zero attached hydrogens (tertiary/aromatic N) is 3. The SMILES string of the molecule is CN1C(=O)CC(N2CCN(C(=O)NCC(C)(C)C)CC2)C1=O. The van der Waals surface area contributed by atoms with Gasteiger partial charge in [-0.2, -0.15) is 0 Å². The van der Waals surface area contributed by atoms with Gasteiger partial charge >= 0.3 is 6.03 Å². The van der Waals surface area contributed by atoms with Gasteiger partial charge in [0.05, 0.1) is 12.5 Å². The van der Waals surface area contributed by atoms with Crippen molar-refractivity contribution < 1.29 is 14.4 Å². The Balaban J connectivity index is 1.82. The van der Waals surface area contributed by atoms with Crippen molar-refractivity contribution in [3.63, 3.8) is 0 Å². The van der Waals surface area contributed by atoms with E-state index in [0.29, 0.717) is 32.7 Å². The molecule has 2 rings (SSSR count). The fourth-order valence-electron chi connectivity index (χ4n) is 2.71. The maximum absolute atomic E-state index is 12.1. The molecule has 0 bridgehead atoms. The van der Waals surface area contributed by atoms with Crippen LogP contribution >= 0.6 is 0 Å². The van der Waals surface area contributed by atoms with Crippen LogP contribution in [0.3, 0.4) is 0 Å². The number of hydrogen-bond acceptors (Lipinski definition) is 4. The Morgan fingerprint density at radius 1 is 1.18 bits per heavy atom. The quantitative estimate of drug-likeness (QED) is 0.735. The molecule has 0 aromatic heterocycles. The second-order valence-corrected chi connectivity index (χ2v) is 7.25. The Morgan fingerprint density at radius 3 is 2.23 bits per heavy atom. The van der Waals surface area contributed by atoms with E-state index in [2.05, 4.69) is 26.1 Å². The molecular weight excluding hydrogens is 284 g/mol. The number of carbonyl (C=O) groups excluding carboxylic acids is 3. The fraction of sp³-hybridized carbons (Fsp3) is 0.800.